The van der Waals surface area contributed by atoms with Crippen molar-refractivity contribution in [1.82, 2.24) is 0 Å². The molecule has 0 aliphatic carbocycles. The van der Waals surface area contributed by atoms with Gasteiger partial charge in [0.25, 0.3) is 0 Å². The molecule has 0 aromatic carbocycles. The summed E-state index contributed by atoms with van der Waals surface area (Å²) in [5, 5.41) is 8.68. The summed E-state index contributed by atoms with van der Waals surface area (Å²) in [4.78, 5) is 0. The van der Waals surface area contributed by atoms with Gasteiger partial charge in [-0.3, -0.25) is 0 Å². The Balaban J connectivity index is 2.30. The van der Waals surface area contributed by atoms with Crippen molar-refractivity contribution < 1.29 is 14.6 Å². The fourth-order valence-corrected chi connectivity index (χ4v) is 0.874. The molecule has 1 aliphatic heterocycles. The van der Waals surface area contributed by atoms with Crippen LogP contribution in [-0.2, 0) is 9.47 Å². The number of hydrogen-bond acceptors (Lipinski definition) is 3. The van der Waals surface area contributed by atoms with Gasteiger partial charge in [-0.05, 0) is 0 Å². The van der Waals surface area contributed by atoms with E-state index in [1.807, 2.05) is 6.92 Å². The highest BCUT2D eigenvalue weighted by Crippen LogP contribution is 2.12. The lowest BCUT2D eigenvalue weighted by Crippen LogP contribution is -2.34. The van der Waals surface area contributed by atoms with Crippen molar-refractivity contribution in [3.63, 3.8) is 0 Å². The number of ether oxygens (including phenoxy) is 2. The van der Waals surface area contributed by atoms with Crippen molar-refractivity contribution in [3.05, 3.63) is 0 Å². The Morgan fingerprint density at radius 3 is 2.89 bits per heavy atom. The van der Waals surface area contributed by atoms with Gasteiger partial charge in [-0.15, -0.1) is 0 Å². The minimum Gasteiger partial charge on any atom is -0.394 e. The number of aliphatic hydroxyl groups excluding tert-OH is 1. The molecular formula is C6H12O3. The molecular weight excluding hydrogens is 120 g/mol. The van der Waals surface area contributed by atoms with E-state index in [-0.39, 0.29) is 12.7 Å². The summed E-state index contributed by atoms with van der Waals surface area (Å²) in [5.41, 5.74) is 0. The first kappa shape index (κ1) is 6.99. The molecule has 0 bridgehead atoms. The lowest BCUT2D eigenvalue weighted by atomic mass is 10.1. The quantitative estimate of drug-likeness (QED) is 0.545. The van der Waals surface area contributed by atoms with Gasteiger partial charge in [-0.2, -0.15) is 0 Å². The van der Waals surface area contributed by atoms with Crippen molar-refractivity contribution in [2.24, 2.45) is 5.92 Å². The molecule has 0 aromatic rings. The van der Waals surface area contributed by atoms with Gasteiger partial charge in [-0.25, -0.2) is 0 Å². The van der Waals surface area contributed by atoms with Gasteiger partial charge >= 0.3 is 0 Å². The second-order valence-electron chi connectivity index (χ2n) is 2.35. The largest absolute Gasteiger partial charge is 0.394 e. The highest BCUT2D eigenvalue weighted by Gasteiger charge is 2.20. The second-order valence-corrected chi connectivity index (χ2v) is 2.35. The van der Waals surface area contributed by atoms with Crippen LogP contribution in [0.4, 0.5) is 0 Å². The zero-order valence-corrected chi connectivity index (χ0v) is 5.54. The smallest absolute Gasteiger partial charge is 0.147 e. The fraction of sp³-hybridized carbons (Fsp3) is 1.00. The van der Waals surface area contributed by atoms with Gasteiger partial charge in [0.1, 0.15) is 6.79 Å². The standard InChI is InChI=1S/C6H12O3/c1-5-3-8-4-9-6(5)2-7/h5-7H,2-4H2,1H3. The van der Waals surface area contributed by atoms with Crippen LogP contribution < -0.4 is 0 Å². The molecule has 1 aliphatic rings. The predicted octanol–water partition coefficient (Wildman–Crippen LogP) is -0.0123. The second kappa shape index (κ2) is 3.15. The Hall–Kier alpha value is -0.120. The SMILES string of the molecule is CC1COCOC1CO. The van der Waals surface area contributed by atoms with E-state index in [0.29, 0.717) is 19.3 Å². The van der Waals surface area contributed by atoms with Gasteiger partial charge in [0.05, 0.1) is 19.3 Å². The van der Waals surface area contributed by atoms with Gasteiger partial charge in [-0.1, -0.05) is 6.92 Å². The van der Waals surface area contributed by atoms with E-state index in [2.05, 4.69) is 0 Å². The Morgan fingerprint density at radius 1 is 1.67 bits per heavy atom. The van der Waals surface area contributed by atoms with Crippen LogP contribution in [-0.4, -0.2) is 31.2 Å². The number of hydrogen-bond donors (Lipinski definition) is 1. The maximum Gasteiger partial charge on any atom is 0.147 e. The molecule has 0 amide bonds. The van der Waals surface area contributed by atoms with Crippen molar-refractivity contribution in [2.45, 2.75) is 13.0 Å². The Kier molecular flexibility index (Phi) is 2.45. The van der Waals surface area contributed by atoms with E-state index in [1.165, 1.54) is 0 Å². The van der Waals surface area contributed by atoms with E-state index >= 15 is 0 Å². The summed E-state index contributed by atoms with van der Waals surface area (Å²) in [6.45, 7) is 3.13. The predicted molar refractivity (Wildman–Crippen MR) is 31.9 cm³/mol. The molecule has 9 heavy (non-hydrogen) atoms. The van der Waals surface area contributed by atoms with E-state index in [9.17, 15) is 0 Å². The topological polar surface area (TPSA) is 38.7 Å². The molecule has 0 aromatic heterocycles. The molecule has 0 spiro atoms. The van der Waals surface area contributed by atoms with Crippen molar-refractivity contribution in [3.8, 4) is 0 Å². The third-order valence-electron chi connectivity index (χ3n) is 1.56. The molecule has 2 atom stereocenters. The van der Waals surface area contributed by atoms with Crippen molar-refractivity contribution >= 4 is 0 Å². The lowest BCUT2D eigenvalue weighted by Gasteiger charge is -2.27. The molecule has 1 N–H and O–H groups in total. The van der Waals surface area contributed by atoms with E-state index in [1.54, 1.807) is 0 Å². The Labute approximate surface area is 54.6 Å². The zero-order chi connectivity index (χ0) is 6.69. The maximum absolute atomic E-state index is 8.68. The Bertz CT molecular complexity index is 84.4. The zero-order valence-electron chi connectivity index (χ0n) is 5.54. The molecule has 3 nitrogen and oxygen atoms in total. The monoisotopic (exact) mass is 132 g/mol. The highest BCUT2D eigenvalue weighted by atomic mass is 16.7. The average Bonchev–Trinajstić information content (AvgIpc) is 1.89. The summed E-state index contributed by atoms with van der Waals surface area (Å²) in [6, 6.07) is 0. The van der Waals surface area contributed by atoms with Crippen LogP contribution in [0.5, 0.6) is 0 Å². The average molecular weight is 132 g/mol. The first-order valence-electron chi connectivity index (χ1n) is 3.15. The summed E-state index contributed by atoms with van der Waals surface area (Å²) in [6.07, 6.45) is -0.0150. The number of rotatable bonds is 1. The Morgan fingerprint density at radius 2 is 2.44 bits per heavy atom. The maximum atomic E-state index is 8.68. The minimum absolute atomic E-state index is 0.0150. The molecule has 2 unspecified atom stereocenters. The van der Waals surface area contributed by atoms with Crippen LogP contribution in [0.2, 0.25) is 0 Å². The third-order valence-corrected chi connectivity index (χ3v) is 1.56. The minimum atomic E-state index is -0.0150. The van der Waals surface area contributed by atoms with Crippen molar-refractivity contribution in [1.29, 1.82) is 0 Å². The molecule has 0 radical (unpaired) electrons. The van der Waals surface area contributed by atoms with Crippen LogP contribution in [0.1, 0.15) is 6.92 Å². The molecule has 1 heterocycles. The highest BCUT2D eigenvalue weighted by molar-refractivity contribution is 4.66. The summed E-state index contributed by atoms with van der Waals surface area (Å²) in [5.74, 6) is 0.323. The molecule has 54 valence electrons. The van der Waals surface area contributed by atoms with E-state index < -0.39 is 0 Å². The van der Waals surface area contributed by atoms with E-state index in [4.69, 9.17) is 14.6 Å². The normalized spacial score (nSPS) is 36.7. The van der Waals surface area contributed by atoms with Gasteiger partial charge in [0, 0.05) is 5.92 Å². The summed E-state index contributed by atoms with van der Waals surface area (Å²) >= 11 is 0. The van der Waals surface area contributed by atoms with Crippen LogP contribution in [0.15, 0.2) is 0 Å². The molecule has 0 saturated carbocycles. The molecule has 1 fully saturated rings. The van der Waals surface area contributed by atoms with Crippen LogP contribution in [0, 0.1) is 5.92 Å². The molecule has 1 saturated heterocycles. The first-order chi connectivity index (χ1) is 4.34. The van der Waals surface area contributed by atoms with Crippen molar-refractivity contribution in [2.75, 3.05) is 20.0 Å². The van der Waals surface area contributed by atoms with Gasteiger partial charge in [0.2, 0.25) is 0 Å². The van der Waals surface area contributed by atoms with Crippen LogP contribution in [0.3, 0.4) is 0 Å². The van der Waals surface area contributed by atoms with Gasteiger partial charge < -0.3 is 14.6 Å². The van der Waals surface area contributed by atoms with Gasteiger partial charge in [0.15, 0.2) is 0 Å². The van der Waals surface area contributed by atoms with Crippen LogP contribution >= 0.6 is 0 Å². The molecule has 3 heteroatoms. The van der Waals surface area contributed by atoms with Crippen LogP contribution in [0.25, 0.3) is 0 Å². The summed E-state index contributed by atoms with van der Waals surface area (Å²) in [7, 11) is 0. The van der Waals surface area contributed by atoms with E-state index in [0.717, 1.165) is 0 Å². The fourth-order valence-electron chi connectivity index (χ4n) is 0.874. The first-order valence-corrected chi connectivity index (χ1v) is 3.15. The number of aliphatic hydroxyl groups is 1. The molecule has 1 rings (SSSR count). The lowest BCUT2D eigenvalue weighted by molar-refractivity contribution is -0.176. The third kappa shape index (κ3) is 1.64. The summed E-state index contributed by atoms with van der Waals surface area (Å²) < 4.78 is 10.0.